The first kappa shape index (κ1) is 22.4. The lowest BCUT2D eigenvalue weighted by Gasteiger charge is -2.34. The van der Waals surface area contributed by atoms with Crippen molar-refractivity contribution in [1.82, 2.24) is 20.4 Å². The zero-order valence-electron chi connectivity index (χ0n) is 17.0. The van der Waals surface area contributed by atoms with E-state index in [0.29, 0.717) is 18.3 Å². The Balaban J connectivity index is 0.00000280. The summed E-state index contributed by atoms with van der Waals surface area (Å²) in [5, 5.41) is 7.39. The van der Waals surface area contributed by atoms with E-state index in [1.165, 1.54) is 0 Å². The first-order chi connectivity index (χ1) is 13.0. The van der Waals surface area contributed by atoms with Gasteiger partial charge < -0.3 is 19.5 Å². The summed E-state index contributed by atoms with van der Waals surface area (Å²) in [4.78, 5) is 11.1. The lowest BCUT2D eigenvalue weighted by molar-refractivity contribution is 0.129. The van der Waals surface area contributed by atoms with Crippen LogP contribution in [-0.4, -0.2) is 47.2 Å². The lowest BCUT2D eigenvalue weighted by Crippen LogP contribution is -2.47. The Labute approximate surface area is 184 Å². The third-order valence-electron chi connectivity index (χ3n) is 4.51. The van der Waals surface area contributed by atoms with Crippen LogP contribution in [-0.2, 0) is 12.0 Å². The van der Waals surface area contributed by atoms with Crippen LogP contribution in [0.15, 0.2) is 39.8 Å². The Morgan fingerprint density at radius 3 is 2.50 bits per heavy atom. The topological polar surface area (TPSA) is 75.8 Å². The van der Waals surface area contributed by atoms with Crippen LogP contribution in [0.5, 0.6) is 5.75 Å². The number of likely N-dealkylation sites (tertiary alicyclic amines) is 1. The molecule has 0 aliphatic carbocycles. The predicted octanol–water partition coefficient (Wildman–Crippen LogP) is 3.60. The van der Waals surface area contributed by atoms with E-state index in [1.807, 2.05) is 30.3 Å². The molecule has 0 spiro atoms. The Hall–Kier alpha value is -1.84. The van der Waals surface area contributed by atoms with Gasteiger partial charge in [0.15, 0.2) is 11.8 Å². The van der Waals surface area contributed by atoms with Gasteiger partial charge in [-0.25, -0.2) is 0 Å². The maximum absolute atomic E-state index is 6.06. The number of halogens is 1. The Bertz CT molecular complexity index is 749. The molecule has 0 amide bonds. The van der Waals surface area contributed by atoms with Crippen LogP contribution in [0.2, 0.25) is 0 Å². The number of para-hydroxylation sites is 1. The zero-order valence-corrected chi connectivity index (χ0v) is 19.3. The monoisotopic (exact) mass is 499 g/mol. The molecular weight excluding hydrogens is 469 g/mol. The smallest absolute Gasteiger partial charge is 0.232 e. The number of nitrogens with one attached hydrogen (secondary N) is 1. The van der Waals surface area contributed by atoms with Gasteiger partial charge in [0.25, 0.3) is 0 Å². The number of guanidine groups is 1. The fourth-order valence-electron chi connectivity index (χ4n) is 3.00. The number of nitrogens with zero attached hydrogens (tertiary/aromatic N) is 4. The van der Waals surface area contributed by atoms with Crippen molar-refractivity contribution in [3.8, 4) is 5.75 Å². The molecule has 1 aromatic heterocycles. The minimum atomic E-state index is -0.145. The van der Waals surface area contributed by atoms with Crippen molar-refractivity contribution < 1.29 is 9.26 Å². The van der Waals surface area contributed by atoms with E-state index >= 15 is 0 Å². The van der Waals surface area contributed by atoms with Gasteiger partial charge in [0.1, 0.15) is 11.9 Å². The van der Waals surface area contributed by atoms with Gasteiger partial charge >= 0.3 is 0 Å². The molecule has 2 aromatic rings. The zero-order chi connectivity index (χ0) is 19.3. The van der Waals surface area contributed by atoms with E-state index in [1.54, 1.807) is 7.05 Å². The van der Waals surface area contributed by atoms with Gasteiger partial charge in [0.05, 0.1) is 6.54 Å². The highest BCUT2D eigenvalue weighted by Gasteiger charge is 2.24. The lowest BCUT2D eigenvalue weighted by atomic mass is 9.97. The fourth-order valence-corrected chi connectivity index (χ4v) is 3.00. The van der Waals surface area contributed by atoms with E-state index in [0.717, 1.165) is 37.6 Å². The molecule has 7 nitrogen and oxygen atoms in total. The summed E-state index contributed by atoms with van der Waals surface area (Å²) in [6.45, 7) is 8.45. The molecule has 8 heteroatoms. The molecule has 1 saturated heterocycles. The highest BCUT2D eigenvalue weighted by Crippen LogP contribution is 2.20. The van der Waals surface area contributed by atoms with Gasteiger partial charge in [-0.05, 0) is 12.1 Å². The van der Waals surface area contributed by atoms with Crippen LogP contribution >= 0.6 is 24.0 Å². The number of rotatable bonds is 4. The number of piperidine rings is 1. The van der Waals surface area contributed by atoms with Crippen LogP contribution in [0.4, 0.5) is 0 Å². The van der Waals surface area contributed by atoms with Crippen LogP contribution in [0, 0.1) is 0 Å². The van der Waals surface area contributed by atoms with Crippen molar-refractivity contribution in [2.45, 2.75) is 51.7 Å². The largest absolute Gasteiger partial charge is 0.490 e. The van der Waals surface area contributed by atoms with Crippen molar-refractivity contribution in [3.05, 3.63) is 42.0 Å². The fraction of sp³-hybridized carbons (Fsp3) is 0.550. The van der Waals surface area contributed by atoms with E-state index in [4.69, 9.17) is 9.26 Å². The van der Waals surface area contributed by atoms with Crippen molar-refractivity contribution in [2.24, 2.45) is 4.99 Å². The molecule has 1 aromatic carbocycles. The van der Waals surface area contributed by atoms with E-state index in [9.17, 15) is 0 Å². The molecule has 154 valence electrons. The normalized spacial score (nSPS) is 15.9. The quantitative estimate of drug-likeness (QED) is 0.394. The van der Waals surface area contributed by atoms with Crippen molar-refractivity contribution in [1.29, 1.82) is 0 Å². The van der Waals surface area contributed by atoms with Gasteiger partial charge in [0, 0.05) is 38.4 Å². The molecule has 0 saturated carbocycles. The highest BCUT2D eigenvalue weighted by atomic mass is 127. The van der Waals surface area contributed by atoms with Crippen molar-refractivity contribution in [3.63, 3.8) is 0 Å². The standard InChI is InChI=1S/C20H29N5O2.HI/c1-20(2,3)18-23-17(24-27-18)14-22-19(21-4)25-12-10-16(11-13-25)26-15-8-6-5-7-9-15;/h5-9,16H,10-14H2,1-4H3,(H,21,22);1H. The molecule has 2 heterocycles. The summed E-state index contributed by atoms with van der Waals surface area (Å²) >= 11 is 0. The molecule has 3 rings (SSSR count). The molecule has 1 aliphatic rings. The van der Waals surface area contributed by atoms with Gasteiger partial charge in [-0.2, -0.15) is 4.98 Å². The third-order valence-corrected chi connectivity index (χ3v) is 4.51. The molecule has 0 atom stereocenters. The minimum absolute atomic E-state index is 0. The van der Waals surface area contributed by atoms with Crippen LogP contribution < -0.4 is 10.1 Å². The summed E-state index contributed by atoms with van der Waals surface area (Å²) in [5.41, 5.74) is -0.145. The maximum Gasteiger partial charge on any atom is 0.232 e. The van der Waals surface area contributed by atoms with Gasteiger partial charge in [-0.15, -0.1) is 24.0 Å². The number of benzene rings is 1. The van der Waals surface area contributed by atoms with E-state index < -0.39 is 0 Å². The average molecular weight is 499 g/mol. The molecule has 1 fully saturated rings. The molecule has 1 N–H and O–H groups in total. The second-order valence-electron chi connectivity index (χ2n) is 7.78. The van der Waals surface area contributed by atoms with Crippen molar-refractivity contribution >= 4 is 29.9 Å². The Kier molecular flexibility index (Phi) is 8.09. The van der Waals surface area contributed by atoms with Crippen LogP contribution in [0.1, 0.15) is 45.3 Å². The number of hydrogen-bond acceptors (Lipinski definition) is 5. The molecule has 0 bridgehead atoms. The van der Waals surface area contributed by atoms with Crippen LogP contribution in [0.25, 0.3) is 0 Å². The van der Waals surface area contributed by atoms with Gasteiger partial charge in [-0.1, -0.05) is 44.1 Å². The molecule has 1 aliphatic heterocycles. The Morgan fingerprint density at radius 1 is 1.25 bits per heavy atom. The van der Waals surface area contributed by atoms with Gasteiger partial charge in [0.2, 0.25) is 5.89 Å². The number of aromatic nitrogens is 2. The van der Waals surface area contributed by atoms with Crippen molar-refractivity contribution in [2.75, 3.05) is 20.1 Å². The molecule has 28 heavy (non-hydrogen) atoms. The summed E-state index contributed by atoms with van der Waals surface area (Å²) in [6.07, 6.45) is 2.17. The highest BCUT2D eigenvalue weighted by molar-refractivity contribution is 14.0. The summed E-state index contributed by atoms with van der Waals surface area (Å²) in [7, 11) is 1.80. The molecular formula is C20H30IN5O2. The predicted molar refractivity (Wildman–Crippen MR) is 120 cm³/mol. The second kappa shape index (κ2) is 10.1. The first-order valence-electron chi connectivity index (χ1n) is 9.46. The molecule has 0 radical (unpaired) electrons. The second-order valence-corrected chi connectivity index (χ2v) is 7.78. The van der Waals surface area contributed by atoms with E-state index in [-0.39, 0.29) is 35.5 Å². The van der Waals surface area contributed by atoms with Gasteiger partial charge in [-0.3, -0.25) is 4.99 Å². The summed E-state index contributed by atoms with van der Waals surface area (Å²) in [5.74, 6) is 3.08. The average Bonchev–Trinajstić information content (AvgIpc) is 3.14. The van der Waals surface area contributed by atoms with Crippen LogP contribution in [0.3, 0.4) is 0 Å². The number of ether oxygens (including phenoxy) is 1. The Morgan fingerprint density at radius 2 is 1.93 bits per heavy atom. The first-order valence-corrected chi connectivity index (χ1v) is 9.46. The SMILES string of the molecule is CN=C(NCc1noc(C(C)(C)C)n1)N1CCC(Oc2ccccc2)CC1.I. The molecule has 0 unspecified atom stereocenters. The number of aliphatic imine (C=N–C) groups is 1. The summed E-state index contributed by atoms with van der Waals surface area (Å²) < 4.78 is 11.4. The van der Waals surface area contributed by atoms with E-state index in [2.05, 4.69) is 46.1 Å². The third kappa shape index (κ3) is 6.08. The maximum atomic E-state index is 6.06. The number of hydrogen-bond donors (Lipinski definition) is 1. The minimum Gasteiger partial charge on any atom is -0.490 e. The summed E-state index contributed by atoms with van der Waals surface area (Å²) in [6, 6.07) is 10.0.